The molecule has 2 fully saturated rings. The molecule has 0 aromatic carbocycles. The Kier molecular flexibility index (Phi) is 2.43. The Morgan fingerprint density at radius 3 is 3.00 bits per heavy atom. The van der Waals surface area contributed by atoms with Gasteiger partial charge in [0.2, 0.25) is 5.95 Å². The maximum atomic E-state index is 4.56. The van der Waals surface area contributed by atoms with Crippen LogP contribution in [0.4, 0.5) is 5.95 Å². The molecule has 2 saturated heterocycles. The van der Waals surface area contributed by atoms with E-state index in [-0.39, 0.29) is 5.54 Å². The summed E-state index contributed by atoms with van der Waals surface area (Å²) in [6.07, 6.45) is 4.00. The first kappa shape index (κ1) is 11.1. The Labute approximate surface area is 103 Å². The highest BCUT2D eigenvalue weighted by molar-refractivity contribution is 5.40. The minimum Gasteiger partial charge on any atom is -0.336 e. The molecule has 1 aromatic heterocycles. The topological polar surface area (TPSA) is 33.1 Å². The van der Waals surface area contributed by atoms with Gasteiger partial charge < -0.3 is 14.8 Å². The first-order valence-electron chi connectivity index (χ1n) is 6.64. The van der Waals surface area contributed by atoms with E-state index in [1.54, 1.807) is 0 Å². The second kappa shape index (κ2) is 3.73. The lowest BCUT2D eigenvalue weighted by atomic mass is 9.85. The zero-order chi connectivity index (χ0) is 12.0. The van der Waals surface area contributed by atoms with Crippen LogP contribution >= 0.6 is 0 Å². The maximum Gasteiger partial charge on any atom is 0.205 e. The number of fused-ring (bicyclic) bond motifs is 1. The van der Waals surface area contributed by atoms with Crippen LogP contribution in [0.15, 0.2) is 12.4 Å². The van der Waals surface area contributed by atoms with E-state index in [1.165, 1.54) is 0 Å². The van der Waals surface area contributed by atoms with Gasteiger partial charge in [-0.15, -0.1) is 0 Å². The number of nitrogens with one attached hydrogen (secondary N) is 1. The van der Waals surface area contributed by atoms with Crippen LogP contribution in [0.5, 0.6) is 0 Å². The molecule has 0 saturated carbocycles. The van der Waals surface area contributed by atoms with E-state index in [0.29, 0.717) is 0 Å². The average Bonchev–Trinajstić information content (AvgIpc) is 2.96. The molecule has 2 aliphatic rings. The molecule has 0 amide bonds. The van der Waals surface area contributed by atoms with Gasteiger partial charge in [-0.25, -0.2) is 4.98 Å². The third kappa shape index (κ3) is 1.50. The molecular formula is C13H22N4. The summed E-state index contributed by atoms with van der Waals surface area (Å²) in [7, 11) is 0. The summed E-state index contributed by atoms with van der Waals surface area (Å²) in [5, 5.41) is 3.52. The fourth-order valence-electron chi connectivity index (χ4n) is 3.55. The number of rotatable bonds is 2. The fraction of sp³-hybridized carbons (Fsp3) is 0.769. The van der Waals surface area contributed by atoms with Gasteiger partial charge in [0.1, 0.15) is 0 Å². The van der Waals surface area contributed by atoms with E-state index in [1.807, 2.05) is 6.20 Å². The SMILES string of the molecule is CCn1ccnc1N1CC2CNCC2C1(C)C. The maximum absolute atomic E-state index is 4.56. The van der Waals surface area contributed by atoms with Gasteiger partial charge in [-0.1, -0.05) is 0 Å². The predicted molar refractivity (Wildman–Crippen MR) is 69.2 cm³/mol. The van der Waals surface area contributed by atoms with Gasteiger partial charge >= 0.3 is 0 Å². The highest BCUT2D eigenvalue weighted by Crippen LogP contribution is 2.42. The van der Waals surface area contributed by atoms with E-state index >= 15 is 0 Å². The smallest absolute Gasteiger partial charge is 0.205 e. The van der Waals surface area contributed by atoms with E-state index in [9.17, 15) is 0 Å². The van der Waals surface area contributed by atoms with Gasteiger partial charge in [-0.3, -0.25) is 0 Å². The lowest BCUT2D eigenvalue weighted by Crippen LogP contribution is -2.45. The number of hydrogen-bond acceptors (Lipinski definition) is 3. The normalized spacial score (nSPS) is 30.9. The molecule has 4 nitrogen and oxygen atoms in total. The number of aromatic nitrogens is 2. The Morgan fingerprint density at radius 1 is 1.47 bits per heavy atom. The van der Waals surface area contributed by atoms with E-state index in [2.05, 4.69) is 46.7 Å². The van der Waals surface area contributed by atoms with E-state index in [4.69, 9.17) is 0 Å². The summed E-state index contributed by atoms with van der Waals surface area (Å²) in [5.74, 6) is 2.68. The summed E-state index contributed by atoms with van der Waals surface area (Å²) in [5.41, 5.74) is 0.215. The molecular weight excluding hydrogens is 212 g/mol. The quantitative estimate of drug-likeness (QED) is 0.838. The van der Waals surface area contributed by atoms with Crippen molar-refractivity contribution in [3.63, 3.8) is 0 Å². The predicted octanol–water partition coefficient (Wildman–Crippen LogP) is 1.34. The number of nitrogens with zero attached hydrogens (tertiary/aromatic N) is 3. The molecule has 3 heterocycles. The van der Waals surface area contributed by atoms with Crippen LogP contribution in [0.1, 0.15) is 20.8 Å². The van der Waals surface area contributed by atoms with Crippen molar-refractivity contribution in [2.45, 2.75) is 32.9 Å². The lowest BCUT2D eigenvalue weighted by molar-refractivity contribution is 0.353. The summed E-state index contributed by atoms with van der Waals surface area (Å²) < 4.78 is 2.25. The molecule has 2 atom stereocenters. The second-order valence-corrected chi connectivity index (χ2v) is 5.80. The van der Waals surface area contributed by atoms with Crippen LogP contribution in [-0.2, 0) is 6.54 Å². The Morgan fingerprint density at radius 2 is 2.29 bits per heavy atom. The molecule has 0 aliphatic carbocycles. The Bertz CT molecular complexity index is 409. The monoisotopic (exact) mass is 234 g/mol. The van der Waals surface area contributed by atoms with Gasteiger partial charge in [0.05, 0.1) is 0 Å². The van der Waals surface area contributed by atoms with Crippen molar-refractivity contribution in [2.75, 3.05) is 24.5 Å². The number of anilines is 1. The van der Waals surface area contributed by atoms with Crippen LogP contribution in [0.25, 0.3) is 0 Å². The van der Waals surface area contributed by atoms with Crippen molar-refractivity contribution in [3.05, 3.63) is 12.4 Å². The first-order valence-corrected chi connectivity index (χ1v) is 6.64. The van der Waals surface area contributed by atoms with Crippen LogP contribution in [0.3, 0.4) is 0 Å². The minimum atomic E-state index is 0.215. The first-order chi connectivity index (χ1) is 8.14. The third-order valence-corrected chi connectivity index (χ3v) is 4.64. The molecule has 0 spiro atoms. The number of aryl methyl sites for hydroxylation is 1. The molecule has 0 bridgehead atoms. The molecule has 1 aromatic rings. The summed E-state index contributed by atoms with van der Waals surface area (Å²) >= 11 is 0. The summed E-state index contributed by atoms with van der Waals surface area (Å²) in [6.45, 7) is 11.4. The summed E-state index contributed by atoms with van der Waals surface area (Å²) in [6, 6.07) is 0. The van der Waals surface area contributed by atoms with Crippen molar-refractivity contribution in [2.24, 2.45) is 11.8 Å². The van der Waals surface area contributed by atoms with Crippen LogP contribution in [-0.4, -0.2) is 34.7 Å². The average molecular weight is 234 g/mol. The molecule has 1 N–H and O–H groups in total. The van der Waals surface area contributed by atoms with Gasteiger partial charge in [0.15, 0.2) is 0 Å². The van der Waals surface area contributed by atoms with Crippen LogP contribution in [0.2, 0.25) is 0 Å². The van der Waals surface area contributed by atoms with Crippen molar-refractivity contribution in [3.8, 4) is 0 Å². The highest BCUT2D eigenvalue weighted by Gasteiger charge is 2.50. The summed E-state index contributed by atoms with van der Waals surface area (Å²) in [4.78, 5) is 7.07. The minimum absolute atomic E-state index is 0.215. The second-order valence-electron chi connectivity index (χ2n) is 5.80. The van der Waals surface area contributed by atoms with E-state index < -0.39 is 0 Å². The van der Waals surface area contributed by atoms with Gasteiger partial charge in [0, 0.05) is 44.1 Å². The standard InChI is InChI=1S/C13H22N4/c1-4-16-6-5-15-12(16)17-9-10-7-14-8-11(10)13(17,2)3/h5-6,10-11,14H,4,7-9H2,1-3H3. The molecule has 94 valence electrons. The largest absolute Gasteiger partial charge is 0.336 e. The van der Waals surface area contributed by atoms with Crippen LogP contribution in [0, 0.1) is 11.8 Å². The van der Waals surface area contributed by atoms with Gasteiger partial charge in [0.25, 0.3) is 0 Å². The molecule has 0 radical (unpaired) electrons. The number of hydrogen-bond donors (Lipinski definition) is 1. The Hall–Kier alpha value is -1.03. The zero-order valence-corrected chi connectivity index (χ0v) is 11.0. The lowest BCUT2D eigenvalue weighted by Gasteiger charge is -2.36. The van der Waals surface area contributed by atoms with Gasteiger partial charge in [-0.2, -0.15) is 0 Å². The molecule has 3 rings (SSSR count). The molecule has 2 unspecified atom stereocenters. The number of imidazole rings is 1. The highest BCUT2D eigenvalue weighted by atomic mass is 15.4. The molecule has 17 heavy (non-hydrogen) atoms. The zero-order valence-electron chi connectivity index (χ0n) is 11.0. The van der Waals surface area contributed by atoms with Crippen molar-refractivity contribution < 1.29 is 0 Å². The van der Waals surface area contributed by atoms with Crippen molar-refractivity contribution in [1.29, 1.82) is 0 Å². The van der Waals surface area contributed by atoms with Gasteiger partial charge in [-0.05, 0) is 32.6 Å². The van der Waals surface area contributed by atoms with Crippen LogP contribution < -0.4 is 10.2 Å². The third-order valence-electron chi connectivity index (χ3n) is 4.64. The molecule has 4 heteroatoms. The Balaban J connectivity index is 1.94. The molecule has 2 aliphatic heterocycles. The fourth-order valence-corrected chi connectivity index (χ4v) is 3.55. The van der Waals surface area contributed by atoms with Crippen molar-refractivity contribution >= 4 is 5.95 Å². The van der Waals surface area contributed by atoms with E-state index in [0.717, 1.165) is 44.0 Å². The van der Waals surface area contributed by atoms with Crippen molar-refractivity contribution in [1.82, 2.24) is 14.9 Å².